The Morgan fingerprint density at radius 3 is 2.29 bits per heavy atom. The van der Waals surface area contributed by atoms with Gasteiger partial charge in [0.15, 0.2) is 0 Å². The van der Waals surface area contributed by atoms with Crippen molar-refractivity contribution in [1.29, 1.82) is 0 Å². The monoisotopic (exact) mass is 362 g/mol. The molecule has 6 heteroatoms. The molecule has 0 unspecified atom stereocenters. The minimum atomic E-state index is -0.0361. The molecule has 0 heterocycles. The summed E-state index contributed by atoms with van der Waals surface area (Å²) in [5.74, 6) is 0.629. The molecule has 126 valence electrons. The van der Waals surface area contributed by atoms with E-state index < -0.39 is 0 Å². The van der Waals surface area contributed by atoms with Crippen molar-refractivity contribution in [1.82, 2.24) is 5.32 Å². The Morgan fingerprint density at radius 2 is 1.67 bits per heavy atom. The number of halogens is 1. The van der Waals surface area contributed by atoms with Crippen molar-refractivity contribution in [2.45, 2.75) is 17.7 Å². The Kier molecular flexibility index (Phi) is 7.15. The predicted octanol–water partition coefficient (Wildman–Crippen LogP) is 3.75. The summed E-state index contributed by atoms with van der Waals surface area (Å²) in [5.41, 5.74) is 1.64. The van der Waals surface area contributed by atoms with Crippen molar-refractivity contribution in [2.75, 3.05) is 18.1 Å². The van der Waals surface area contributed by atoms with Gasteiger partial charge in [-0.3, -0.25) is 9.59 Å². The molecule has 0 fully saturated rings. The third-order valence-corrected chi connectivity index (χ3v) is 4.56. The summed E-state index contributed by atoms with van der Waals surface area (Å²) in [6.07, 6.45) is 0.760. The van der Waals surface area contributed by atoms with Gasteiger partial charge in [-0.05, 0) is 42.0 Å². The lowest BCUT2D eigenvalue weighted by Crippen LogP contribution is -2.19. The van der Waals surface area contributed by atoms with Crippen LogP contribution < -0.4 is 10.6 Å². The smallest absolute Gasteiger partial charge is 0.225 e. The number of carbonyl (C=O) groups excluding carboxylic acids is 2. The zero-order valence-electron chi connectivity index (χ0n) is 13.3. The van der Waals surface area contributed by atoms with Crippen LogP contribution in [0.15, 0.2) is 53.4 Å². The van der Waals surface area contributed by atoms with Gasteiger partial charge < -0.3 is 10.6 Å². The second kappa shape index (κ2) is 9.35. The maximum Gasteiger partial charge on any atom is 0.225 e. The van der Waals surface area contributed by atoms with Crippen molar-refractivity contribution >= 4 is 40.9 Å². The number of likely N-dealkylation sites (N-methyl/N-ethyl adjacent to an activating group) is 1. The number of benzene rings is 2. The van der Waals surface area contributed by atoms with Crippen LogP contribution in [0.1, 0.15) is 12.0 Å². The Hall–Kier alpha value is -1.98. The Morgan fingerprint density at radius 1 is 1.00 bits per heavy atom. The second-order valence-electron chi connectivity index (χ2n) is 5.15. The van der Waals surface area contributed by atoms with Crippen molar-refractivity contribution in [2.24, 2.45) is 0 Å². The number of thioether (sulfide) groups is 1. The van der Waals surface area contributed by atoms with Gasteiger partial charge in [0.05, 0.1) is 6.42 Å². The van der Waals surface area contributed by atoms with Gasteiger partial charge in [0.1, 0.15) is 0 Å². The first-order valence-electron chi connectivity index (χ1n) is 7.54. The van der Waals surface area contributed by atoms with Gasteiger partial charge in [-0.2, -0.15) is 0 Å². The second-order valence-corrected chi connectivity index (χ2v) is 6.75. The van der Waals surface area contributed by atoms with Gasteiger partial charge in [0.25, 0.3) is 0 Å². The largest absolute Gasteiger partial charge is 0.359 e. The van der Waals surface area contributed by atoms with E-state index in [-0.39, 0.29) is 11.8 Å². The highest BCUT2D eigenvalue weighted by molar-refractivity contribution is 7.99. The van der Waals surface area contributed by atoms with E-state index in [1.165, 1.54) is 0 Å². The van der Waals surface area contributed by atoms with E-state index in [4.69, 9.17) is 11.6 Å². The van der Waals surface area contributed by atoms with Gasteiger partial charge in [0.2, 0.25) is 11.8 Å². The number of hydrogen-bond acceptors (Lipinski definition) is 3. The summed E-state index contributed by atoms with van der Waals surface area (Å²) in [6, 6.07) is 14.9. The first-order chi connectivity index (χ1) is 11.6. The molecule has 2 amide bonds. The van der Waals surface area contributed by atoms with Crippen LogP contribution in [0.4, 0.5) is 5.69 Å². The number of nitrogens with one attached hydrogen (secondary N) is 2. The molecule has 2 aromatic rings. The minimum absolute atomic E-state index is 0.0319. The molecule has 0 radical (unpaired) electrons. The number of hydrogen-bond donors (Lipinski definition) is 2. The fraction of sp³-hybridized carbons (Fsp3) is 0.222. The quantitative estimate of drug-likeness (QED) is 0.737. The van der Waals surface area contributed by atoms with Gasteiger partial charge in [-0.25, -0.2) is 0 Å². The van der Waals surface area contributed by atoms with E-state index in [1.807, 2.05) is 48.5 Å². The molecule has 0 saturated carbocycles. The van der Waals surface area contributed by atoms with Crippen LogP contribution in [0.3, 0.4) is 0 Å². The van der Waals surface area contributed by atoms with E-state index in [0.29, 0.717) is 23.6 Å². The van der Waals surface area contributed by atoms with Crippen molar-refractivity contribution in [3.63, 3.8) is 0 Å². The zero-order chi connectivity index (χ0) is 17.4. The van der Waals surface area contributed by atoms with Gasteiger partial charge in [0, 0.05) is 34.8 Å². The van der Waals surface area contributed by atoms with Crippen LogP contribution in [0.25, 0.3) is 0 Å². The van der Waals surface area contributed by atoms with E-state index in [9.17, 15) is 9.59 Å². The number of amides is 2. The normalized spacial score (nSPS) is 10.2. The molecule has 0 aliphatic rings. The first kappa shape index (κ1) is 18.4. The third-order valence-electron chi connectivity index (χ3n) is 3.29. The topological polar surface area (TPSA) is 58.2 Å². The lowest BCUT2D eigenvalue weighted by molar-refractivity contribution is -0.120. The standard InChI is InChI=1S/C18H19ClN2O2S/c1-20-18(23)12-13-2-6-15(7-3-13)21-17(22)10-11-24-16-8-4-14(19)5-9-16/h2-9H,10-12H2,1H3,(H,20,23)(H,21,22). The number of anilines is 1. The minimum Gasteiger partial charge on any atom is -0.359 e. The van der Waals surface area contributed by atoms with Crippen molar-refractivity contribution in [3.8, 4) is 0 Å². The molecule has 0 bridgehead atoms. The Labute approximate surface area is 151 Å². The third kappa shape index (κ3) is 6.26. The maximum atomic E-state index is 12.0. The molecular formula is C18H19ClN2O2S. The molecular weight excluding hydrogens is 344 g/mol. The summed E-state index contributed by atoms with van der Waals surface area (Å²) in [4.78, 5) is 24.4. The molecule has 24 heavy (non-hydrogen) atoms. The molecule has 0 atom stereocenters. The van der Waals surface area contributed by atoms with Crippen molar-refractivity contribution < 1.29 is 9.59 Å². The molecule has 4 nitrogen and oxygen atoms in total. The summed E-state index contributed by atoms with van der Waals surface area (Å²) < 4.78 is 0. The molecule has 2 N–H and O–H groups in total. The van der Waals surface area contributed by atoms with Gasteiger partial charge in [-0.1, -0.05) is 23.7 Å². The number of carbonyl (C=O) groups is 2. The fourth-order valence-electron chi connectivity index (χ4n) is 2.00. The number of rotatable bonds is 7. The average molecular weight is 363 g/mol. The van der Waals surface area contributed by atoms with Crippen molar-refractivity contribution in [3.05, 3.63) is 59.1 Å². The van der Waals surface area contributed by atoms with Crippen LogP contribution in [0.5, 0.6) is 0 Å². The highest BCUT2D eigenvalue weighted by Crippen LogP contribution is 2.21. The van der Waals surface area contributed by atoms with Gasteiger partial charge in [-0.15, -0.1) is 11.8 Å². The average Bonchev–Trinajstić information content (AvgIpc) is 2.58. The lowest BCUT2D eigenvalue weighted by atomic mass is 10.1. The predicted molar refractivity (Wildman–Crippen MR) is 99.6 cm³/mol. The summed E-state index contributed by atoms with van der Waals surface area (Å²) in [5, 5.41) is 6.15. The molecule has 2 rings (SSSR count). The van der Waals surface area contributed by atoms with Gasteiger partial charge >= 0.3 is 0 Å². The van der Waals surface area contributed by atoms with Crippen LogP contribution >= 0.6 is 23.4 Å². The molecule has 0 aliphatic heterocycles. The first-order valence-corrected chi connectivity index (χ1v) is 8.91. The highest BCUT2D eigenvalue weighted by atomic mass is 35.5. The van der Waals surface area contributed by atoms with Crippen LogP contribution in [0.2, 0.25) is 5.02 Å². The van der Waals surface area contributed by atoms with Crippen LogP contribution in [0, 0.1) is 0 Å². The molecule has 2 aromatic carbocycles. The van der Waals surface area contributed by atoms with E-state index in [0.717, 1.165) is 16.1 Å². The molecule has 0 aliphatic carbocycles. The lowest BCUT2D eigenvalue weighted by Gasteiger charge is -2.07. The Balaban J connectivity index is 1.75. The molecule has 0 spiro atoms. The maximum absolute atomic E-state index is 12.0. The summed E-state index contributed by atoms with van der Waals surface area (Å²) in [6.45, 7) is 0. The molecule has 0 saturated heterocycles. The molecule has 0 aromatic heterocycles. The van der Waals surface area contributed by atoms with Crippen LogP contribution in [-0.2, 0) is 16.0 Å². The van der Waals surface area contributed by atoms with E-state index in [2.05, 4.69) is 10.6 Å². The van der Waals surface area contributed by atoms with E-state index in [1.54, 1.807) is 18.8 Å². The summed E-state index contributed by atoms with van der Waals surface area (Å²) in [7, 11) is 1.61. The van der Waals surface area contributed by atoms with Crippen LogP contribution in [-0.4, -0.2) is 24.6 Å². The SMILES string of the molecule is CNC(=O)Cc1ccc(NC(=O)CCSc2ccc(Cl)cc2)cc1. The zero-order valence-corrected chi connectivity index (χ0v) is 14.9. The fourth-order valence-corrected chi connectivity index (χ4v) is 2.97. The Bertz CT molecular complexity index is 687. The summed E-state index contributed by atoms with van der Waals surface area (Å²) >= 11 is 7.45. The van der Waals surface area contributed by atoms with E-state index >= 15 is 0 Å². The highest BCUT2D eigenvalue weighted by Gasteiger charge is 2.05.